The summed E-state index contributed by atoms with van der Waals surface area (Å²) >= 11 is 0. The third-order valence-corrected chi connectivity index (χ3v) is 5.23. The first-order valence-electron chi connectivity index (χ1n) is 8.08. The lowest BCUT2D eigenvalue weighted by Gasteiger charge is -2.21. The quantitative estimate of drug-likeness (QED) is 0.872. The zero-order valence-corrected chi connectivity index (χ0v) is 12.8. The maximum absolute atomic E-state index is 12.2. The molecule has 2 bridgehead atoms. The van der Waals surface area contributed by atoms with Gasteiger partial charge in [-0.1, -0.05) is 30.7 Å². The van der Waals surface area contributed by atoms with Crippen LogP contribution in [0.5, 0.6) is 0 Å². The number of benzene rings is 1. The summed E-state index contributed by atoms with van der Waals surface area (Å²) in [5.41, 5.74) is 2.31. The number of amides is 1. The van der Waals surface area contributed by atoms with Gasteiger partial charge in [-0.25, -0.2) is 0 Å². The lowest BCUT2D eigenvalue weighted by Crippen LogP contribution is -2.27. The maximum Gasteiger partial charge on any atom is 0.220 e. The van der Waals surface area contributed by atoms with Crippen molar-refractivity contribution in [2.24, 2.45) is 17.8 Å². The Bertz CT molecular complexity index is 500. The van der Waals surface area contributed by atoms with Crippen LogP contribution in [-0.2, 0) is 22.7 Å². The molecule has 3 rings (SSSR count). The van der Waals surface area contributed by atoms with E-state index in [-0.39, 0.29) is 5.91 Å². The number of hydrogen-bond acceptors (Lipinski definition) is 2. The summed E-state index contributed by atoms with van der Waals surface area (Å²) in [5, 5.41) is 3.09. The van der Waals surface area contributed by atoms with E-state index in [1.54, 1.807) is 7.11 Å². The van der Waals surface area contributed by atoms with Crippen molar-refractivity contribution in [2.45, 2.75) is 45.3 Å². The number of hydrogen-bond donors (Lipinski definition) is 1. The van der Waals surface area contributed by atoms with E-state index in [0.29, 0.717) is 25.5 Å². The molecule has 0 saturated heterocycles. The van der Waals surface area contributed by atoms with Crippen molar-refractivity contribution in [1.82, 2.24) is 5.32 Å². The second-order valence-electron chi connectivity index (χ2n) is 6.62. The first-order chi connectivity index (χ1) is 10.3. The van der Waals surface area contributed by atoms with E-state index in [1.807, 2.05) is 12.1 Å². The molecule has 3 atom stereocenters. The van der Waals surface area contributed by atoms with Gasteiger partial charge in [-0.3, -0.25) is 4.79 Å². The second kappa shape index (κ2) is 6.61. The third kappa shape index (κ3) is 3.46. The van der Waals surface area contributed by atoms with Crippen molar-refractivity contribution >= 4 is 5.91 Å². The molecule has 0 aromatic heterocycles. The number of methoxy groups -OCH3 is 1. The average molecular weight is 287 g/mol. The van der Waals surface area contributed by atoms with Crippen LogP contribution in [-0.4, -0.2) is 13.0 Å². The van der Waals surface area contributed by atoms with Gasteiger partial charge in [-0.2, -0.15) is 0 Å². The van der Waals surface area contributed by atoms with Gasteiger partial charge in [-0.15, -0.1) is 0 Å². The van der Waals surface area contributed by atoms with Gasteiger partial charge in [-0.05, 0) is 48.1 Å². The van der Waals surface area contributed by atoms with Gasteiger partial charge >= 0.3 is 0 Å². The van der Waals surface area contributed by atoms with Gasteiger partial charge < -0.3 is 10.1 Å². The molecule has 2 aliphatic carbocycles. The van der Waals surface area contributed by atoms with Gasteiger partial charge in [0.15, 0.2) is 0 Å². The maximum atomic E-state index is 12.2. The Morgan fingerprint density at radius 3 is 2.71 bits per heavy atom. The van der Waals surface area contributed by atoms with Gasteiger partial charge in [0.05, 0.1) is 6.61 Å². The number of carbonyl (C=O) groups excluding carboxylic acids is 1. The molecule has 0 heterocycles. The smallest absolute Gasteiger partial charge is 0.220 e. The minimum atomic E-state index is 0.208. The Morgan fingerprint density at radius 1 is 1.24 bits per heavy atom. The monoisotopic (exact) mass is 287 g/mol. The molecule has 0 unspecified atom stereocenters. The fraction of sp³-hybridized carbons (Fsp3) is 0.611. The van der Waals surface area contributed by atoms with E-state index in [1.165, 1.54) is 25.7 Å². The highest BCUT2D eigenvalue weighted by Crippen LogP contribution is 2.49. The predicted octanol–water partition coefficient (Wildman–Crippen LogP) is 3.28. The van der Waals surface area contributed by atoms with Crippen LogP contribution in [0.1, 0.15) is 43.2 Å². The van der Waals surface area contributed by atoms with Crippen LogP contribution in [0.4, 0.5) is 0 Å². The normalized spacial score (nSPS) is 27.0. The molecule has 21 heavy (non-hydrogen) atoms. The van der Waals surface area contributed by atoms with Crippen molar-refractivity contribution in [3.05, 3.63) is 35.4 Å². The molecule has 1 amide bonds. The van der Waals surface area contributed by atoms with Gasteiger partial charge in [0.1, 0.15) is 0 Å². The Morgan fingerprint density at radius 2 is 2.05 bits per heavy atom. The molecule has 3 heteroatoms. The highest BCUT2D eigenvalue weighted by molar-refractivity contribution is 5.76. The molecular formula is C18H25NO2. The SMILES string of the molecule is COCc1ccccc1CNC(=O)C[C@H]1C[C@H]2CC[C@H]1C2. The predicted molar refractivity (Wildman–Crippen MR) is 82.6 cm³/mol. The number of ether oxygens (including phenoxy) is 1. The van der Waals surface area contributed by atoms with E-state index in [0.717, 1.165) is 23.0 Å². The summed E-state index contributed by atoms with van der Waals surface area (Å²) < 4.78 is 5.20. The highest BCUT2D eigenvalue weighted by Gasteiger charge is 2.39. The van der Waals surface area contributed by atoms with Crippen molar-refractivity contribution in [3.63, 3.8) is 0 Å². The zero-order valence-electron chi connectivity index (χ0n) is 12.8. The zero-order chi connectivity index (χ0) is 14.7. The van der Waals surface area contributed by atoms with E-state index in [9.17, 15) is 4.79 Å². The summed E-state index contributed by atoms with van der Waals surface area (Å²) in [6, 6.07) is 8.14. The minimum absolute atomic E-state index is 0.208. The summed E-state index contributed by atoms with van der Waals surface area (Å²) in [7, 11) is 1.70. The topological polar surface area (TPSA) is 38.3 Å². The molecule has 114 valence electrons. The van der Waals surface area contributed by atoms with Crippen molar-refractivity contribution in [2.75, 3.05) is 7.11 Å². The third-order valence-electron chi connectivity index (χ3n) is 5.23. The van der Waals surface area contributed by atoms with E-state index in [2.05, 4.69) is 17.4 Å². The fourth-order valence-corrected chi connectivity index (χ4v) is 4.16. The van der Waals surface area contributed by atoms with Crippen LogP contribution in [0.15, 0.2) is 24.3 Å². The minimum Gasteiger partial charge on any atom is -0.380 e. The Hall–Kier alpha value is -1.35. The lowest BCUT2D eigenvalue weighted by atomic mass is 9.86. The fourth-order valence-electron chi connectivity index (χ4n) is 4.16. The molecule has 3 nitrogen and oxygen atoms in total. The Kier molecular flexibility index (Phi) is 4.59. The molecule has 2 fully saturated rings. The van der Waals surface area contributed by atoms with Gasteiger partial charge in [0.25, 0.3) is 0 Å². The molecule has 0 radical (unpaired) electrons. The standard InChI is InChI=1S/C18H25NO2/c1-21-12-16-5-3-2-4-15(16)11-19-18(20)10-17-9-13-6-7-14(17)8-13/h2-5,13-14,17H,6-12H2,1H3,(H,19,20)/t13-,14-,17+/m0/s1. The number of fused-ring (bicyclic) bond motifs is 2. The molecule has 2 aliphatic rings. The summed E-state index contributed by atoms with van der Waals surface area (Å²) in [6.45, 7) is 1.21. The van der Waals surface area contributed by atoms with E-state index >= 15 is 0 Å². The first kappa shape index (κ1) is 14.6. The number of rotatable bonds is 6. The van der Waals surface area contributed by atoms with Crippen molar-refractivity contribution in [3.8, 4) is 0 Å². The van der Waals surface area contributed by atoms with Crippen LogP contribution in [0.3, 0.4) is 0 Å². The van der Waals surface area contributed by atoms with Crippen LogP contribution in [0, 0.1) is 17.8 Å². The van der Waals surface area contributed by atoms with Crippen LogP contribution in [0.25, 0.3) is 0 Å². The van der Waals surface area contributed by atoms with Crippen LogP contribution in [0.2, 0.25) is 0 Å². The Labute approximate surface area is 127 Å². The number of carbonyl (C=O) groups is 1. The van der Waals surface area contributed by atoms with Gasteiger partial charge in [0.2, 0.25) is 5.91 Å². The summed E-state index contributed by atoms with van der Waals surface area (Å²) in [5.74, 6) is 2.58. The lowest BCUT2D eigenvalue weighted by molar-refractivity contribution is -0.122. The molecule has 1 aromatic carbocycles. The largest absolute Gasteiger partial charge is 0.380 e. The van der Waals surface area contributed by atoms with Crippen LogP contribution >= 0.6 is 0 Å². The Balaban J connectivity index is 1.49. The van der Waals surface area contributed by atoms with E-state index < -0.39 is 0 Å². The molecular weight excluding hydrogens is 262 g/mol. The molecule has 0 spiro atoms. The first-order valence-corrected chi connectivity index (χ1v) is 8.08. The molecule has 2 saturated carbocycles. The second-order valence-corrected chi connectivity index (χ2v) is 6.62. The summed E-state index contributed by atoms with van der Waals surface area (Å²) in [6.07, 6.45) is 6.10. The summed E-state index contributed by atoms with van der Waals surface area (Å²) in [4.78, 5) is 12.2. The molecule has 1 aromatic rings. The molecule has 1 N–H and O–H groups in total. The van der Waals surface area contributed by atoms with Crippen molar-refractivity contribution in [1.29, 1.82) is 0 Å². The van der Waals surface area contributed by atoms with Crippen LogP contribution < -0.4 is 5.32 Å². The van der Waals surface area contributed by atoms with E-state index in [4.69, 9.17) is 4.74 Å². The average Bonchev–Trinajstić information content (AvgIpc) is 3.09. The van der Waals surface area contributed by atoms with Gasteiger partial charge in [0, 0.05) is 20.1 Å². The number of nitrogens with one attached hydrogen (secondary N) is 1. The highest BCUT2D eigenvalue weighted by atomic mass is 16.5. The van der Waals surface area contributed by atoms with Crippen molar-refractivity contribution < 1.29 is 9.53 Å². The molecule has 0 aliphatic heterocycles.